The fourth-order valence-electron chi connectivity index (χ4n) is 1.37. The summed E-state index contributed by atoms with van der Waals surface area (Å²) in [7, 11) is 1.66. The van der Waals surface area contributed by atoms with Crippen LogP contribution >= 0.6 is 11.6 Å². The summed E-state index contributed by atoms with van der Waals surface area (Å²) in [4.78, 5) is 17.6. The van der Waals surface area contributed by atoms with Crippen molar-refractivity contribution >= 4 is 17.5 Å². The molecule has 1 aromatic rings. The molecule has 1 heterocycles. The highest BCUT2D eigenvalue weighted by Crippen LogP contribution is 2.18. The molecule has 0 unspecified atom stereocenters. The van der Waals surface area contributed by atoms with E-state index >= 15 is 0 Å². The number of carbonyl (C=O) groups is 1. The van der Waals surface area contributed by atoms with E-state index in [1.807, 2.05) is 13.8 Å². The van der Waals surface area contributed by atoms with Crippen LogP contribution in [0.2, 0.25) is 5.15 Å². The first kappa shape index (κ1) is 13.5. The summed E-state index contributed by atoms with van der Waals surface area (Å²) >= 11 is 5.90. The first-order valence-electron chi connectivity index (χ1n) is 5.32. The van der Waals surface area contributed by atoms with Crippen LogP contribution < -0.4 is 0 Å². The van der Waals surface area contributed by atoms with E-state index in [-0.39, 0.29) is 18.4 Å². The number of rotatable bonds is 3. The first-order chi connectivity index (χ1) is 7.95. The maximum atomic E-state index is 12.0. The zero-order valence-corrected chi connectivity index (χ0v) is 11.0. The van der Waals surface area contributed by atoms with Crippen molar-refractivity contribution in [3.05, 3.63) is 28.5 Å². The van der Waals surface area contributed by atoms with E-state index in [1.165, 1.54) is 4.90 Å². The third-order valence-corrected chi connectivity index (χ3v) is 2.52. The topological polar surface area (TPSA) is 33.2 Å². The van der Waals surface area contributed by atoms with Gasteiger partial charge < -0.3 is 4.90 Å². The van der Waals surface area contributed by atoms with E-state index < -0.39 is 0 Å². The molecule has 1 rings (SSSR count). The Hall–Kier alpha value is -1.53. The fourth-order valence-corrected chi connectivity index (χ4v) is 1.58. The first-order valence-corrected chi connectivity index (χ1v) is 5.70. The summed E-state index contributed by atoms with van der Waals surface area (Å²) in [6, 6.07) is 3.31. The predicted octanol–water partition coefficient (Wildman–Crippen LogP) is 2.56. The van der Waals surface area contributed by atoms with Gasteiger partial charge in [-0.05, 0) is 18.1 Å². The Morgan fingerprint density at radius 2 is 2.24 bits per heavy atom. The number of amides is 1. The predicted molar refractivity (Wildman–Crippen MR) is 69.1 cm³/mol. The average Bonchev–Trinajstić information content (AvgIpc) is 2.27. The molecule has 0 bridgehead atoms. The molecule has 0 aromatic carbocycles. The van der Waals surface area contributed by atoms with Crippen molar-refractivity contribution in [1.29, 1.82) is 0 Å². The van der Waals surface area contributed by atoms with E-state index in [4.69, 9.17) is 18.0 Å². The number of terminal acetylenes is 1. The minimum atomic E-state index is -0.144. The van der Waals surface area contributed by atoms with Crippen LogP contribution in [0.25, 0.3) is 0 Å². The summed E-state index contributed by atoms with van der Waals surface area (Å²) < 4.78 is 0. The highest BCUT2D eigenvalue weighted by molar-refractivity contribution is 6.29. The maximum absolute atomic E-state index is 12.0. The number of aromatic nitrogens is 1. The Morgan fingerprint density at radius 3 is 2.76 bits per heavy atom. The third kappa shape index (κ3) is 3.47. The van der Waals surface area contributed by atoms with Gasteiger partial charge in [-0.3, -0.25) is 4.79 Å². The highest BCUT2D eigenvalue weighted by atomic mass is 35.5. The van der Waals surface area contributed by atoms with E-state index in [0.717, 1.165) is 5.69 Å². The SMILES string of the molecule is C#CCN(C)C(=O)c1cc(Cl)nc(C(C)C)c1. The Balaban J connectivity index is 3.06. The van der Waals surface area contributed by atoms with Crippen molar-refractivity contribution < 1.29 is 4.79 Å². The van der Waals surface area contributed by atoms with Crippen molar-refractivity contribution in [2.45, 2.75) is 19.8 Å². The van der Waals surface area contributed by atoms with Gasteiger partial charge in [-0.1, -0.05) is 31.4 Å². The molecule has 1 aromatic heterocycles. The molecular formula is C13H15ClN2O. The Labute approximate surface area is 107 Å². The number of hydrogen-bond acceptors (Lipinski definition) is 2. The molecule has 0 fully saturated rings. The zero-order chi connectivity index (χ0) is 13.0. The average molecular weight is 251 g/mol. The van der Waals surface area contributed by atoms with Gasteiger partial charge in [0.1, 0.15) is 5.15 Å². The molecule has 0 saturated heterocycles. The highest BCUT2D eigenvalue weighted by Gasteiger charge is 2.14. The lowest BCUT2D eigenvalue weighted by Gasteiger charge is -2.15. The van der Waals surface area contributed by atoms with Gasteiger partial charge >= 0.3 is 0 Å². The number of pyridine rings is 1. The van der Waals surface area contributed by atoms with Gasteiger partial charge in [-0.15, -0.1) is 6.42 Å². The van der Waals surface area contributed by atoms with Crippen molar-refractivity contribution in [2.75, 3.05) is 13.6 Å². The number of carbonyl (C=O) groups excluding carboxylic acids is 1. The lowest BCUT2D eigenvalue weighted by molar-refractivity contribution is 0.0812. The molecule has 0 aliphatic heterocycles. The van der Waals surface area contributed by atoms with Crippen molar-refractivity contribution in [2.24, 2.45) is 0 Å². The molecule has 0 atom stereocenters. The Morgan fingerprint density at radius 1 is 1.59 bits per heavy atom. The molecule has 0 aliphatic carbocycles. The summed E-state index contributed by atoms with van der Waals surface area (Å²) in [6.45, 7) is 4.27. The van der Waals surface area contributed by atoms with Crippen LogP contribution in [0, 0.1) is 12.3 Å². The summed E-state index contributed by atoms with van der Waals surface area (Å²) in [5, 5.41) is 0.327. The van der Waals surface area contributed by atoms with Crippen molar-refractivity contribution in [1.82, 2.24) is 9.88 Å². The van der Waals surface area contributed by atoms with Gasteiger partial charge in [0.15, 0.2) is 0 Å². The maximum Gasteiger partial charge on any atom is 0.254 e. The third-order valence-electron chi connectivity index (χ3n) is 2.33. The zero-order valence-electron chi connectivity index (χ0n) is 10.2. The molecule has 1 amide bonds. The Kier molecular flexibility index (Phi) is 4.53. The minimum absolute atomic E-state index is 0.144. The van der Waals surface area contributed by atoms with Gasteiger partial charge in [0.05, 0.1) is 6.54 Å². The smallest absolute Gasteiger partial charge is 0.254 e. The molecule has 0 aliphatic rings. The monoisotopic (exact) mass is 250 g/mol. The number of halogens is 1. The van der Waals surface area contributed by atoms with E-state index in [9.17, 15) is 4.79 Å². The van der Waals surface area contributed by atoms with Gasteiger partial charge in [-0.2, -0.15) is 0 Å². The van der Waals surface area contributed by atoms with Gasteiger partial charge in [0.2, 0.25) is 0 Å². The summed E-state index contributed by atoms with van der Waals surface area (Å²) in [5.41, 5.74) is 1.32. The van der Waals surface area contributed by atoms with Crippen molar-refractivity contribution in [3.8, 4) is 12.3 Å². The molecule has 17 heavy (non-hydrogen) atoms. The van der Waals surface area contributed by atoms with Crippen LogP contribution in [0.3, 0.4) is 0 Å². The molecule has 4 heteroatoms. The molecule has 0 spiro atoms. The lowest BCUT2D eigenvalue weighted by atomic mass is 10.1. The Bertz CT molecular complexity index is 463. The second kappa shape index (κ2) is 5.70. The second-order valence-electron chi connectivity index (χ2n) is 4.12. The van der Waals surface area contributed by atoms with Crippen LogP contribution in [-0.2, 0) is 0 Å². The van der Waals surface area contributed by atoms with Crippen LogP contribution in [0.4, 0.5) is 0 Å². The summed E-state index contributed by atoms with van der Waals surface area (Å²) in [5.74, 6) is 2.50. The van der Waals surface area contributed by atoms with Gasteiger partial charge in [-0.25, -0.2) is 4.98 Å². The van der Waals surface area contributed by atoms with E-state index in [1.54, 1.807) is 19.2 Å². The van der Waals surface area contributed by atoms with Crippen molar-refractivity contribution in [3.63, 3.8) is 0 Å². The second-order valence-corrected chi connectivity index (χ2v) is 4.51. The summed E-state index contributed by atoms with van der Waals surface area (Å²) in [6.07, 6.45) is 5.17. The van der Waals surface area contributed by atoms with E-state index in [0.29, 0.717) is 10.7 Å². The standard InChI is InChI=1S/C13H15ClN2O/c1-5-6-16(4)13(17)10-7-11(9(2)3)15-12(14)8-10/h1,7-9H,6H2,2-4H3. The normalized spacial score (nSPS) is 10.1. The molecule has 0 saturated carbocycles. The number of nitrogens with zero attached hydrogens (tertiary/aromatic N) is 2. The minimum Gasteiger partial charge on any atom is -0.331 e. The van der Waals surface area contributed by atoms with Crippen LogP contribution in [0.5, 0.6) is 0 Å². The quantitative estimate of drug-likeness (QED) is 0.610. The molecule has 0 N–H and O–H groups in total. The molecule has 90 valence electrons. The van der Waals surface area contributed by atoms with Gasteiger partial charge in [0.25, 0.3) is 5.91 Å². The lowest BCUT2D eigenvalue weighted by Crippen LogP contribution is -2.27. The largest absolute Gasteiger partial charge is 0.331 e. The van der Waals surface area contributed by atoms with Crippen LogP contribution in [0.1, 0.15) is 35.8 Å². The van der Waals surface area contributed by atoms with Crippen LogP contribution in [0.15, 0.2) is 12.1 Å². The van der Waals surface area contributed by atoms with Gasteiger partial charge in [0, 0.05) is 18.3 Å². The molecule has 3 nitrogen and oxygen atoms in total. The molecular weight excluding hydrogens is 236 g/mol. The fraction of sp³-hybridized carbons (Fsp3) is 0.385. The van der Waals surface area contributed by atoms with E-state index in [2.05, 4.69) is 10.9 Å². The number of hydrogen-bond donors (Lipinski definition) is 0. The molecule has 0 radical (unpaired) electrons. The van der Waals surface area contributed by atoms with Crippen LogP contribution in [-0.4, -0.2) is 29.4 Å².